The number of carboxylic acids is 1. The lowest BCUT2D eigenvalue weighted by molar-refractivity contribution is -0.137. The smallest absolute Gasteiger partial charge is 0.303 e. The molecule has 6 nitrogen and oxygen atoms in total. The van der Waals surface area contributed by atoms with Gasteiger partial charge in [0.15, 0.2) is 0 Å². The van der Waals surface area contributed by atoms with Gasteiger partial charge in [0.25, 0.3) is 0 Å². The molecular formula is C27H45N3O3. The number of hydrogen-bond donors (Lipinski definition) is 1. The average Bonchev–Trinajstić information content (AvgIpc) is 2.79. The average molecular weight is 460 g/mol. The number of aliphatic carboxylic acids is 1. The van der Waals surface area contributed by atoms with E-state index in [4.69, 9.17) is 4.74 Å². The zero-order valence-electron chi connectivity index (χ0n) is 22.1. The standard InChI is InChI=1S/C25H39N3O3.C2H6/c1-7-8-18(3)22(15-24(29)30)10-9-17(2)20(5)31-23-11-13-28(14-12-23)25-19(4)16-26-21(6)27-25;1-2/h8,16,22-23H,7,9-15H2,1-6H3,(H,29,30);1-2H3/b18-8+,20-17-;. The zero-order valence-corrected chi connectivity index (χ0v) is 22.1. The maximum atomic E-state index is 11.3. The van der Waals surface area contributed by atoms with E-state index in [9.17, 15) is 9.90 Å². The summed E-state index contributed by atoms with van der Waals surface area (Å²) in [5, 5.41) is 9.25. The summed E-state index contributed by atoms with van der Waals surface area (Å²) >= 11 is 0. The Bertz CT molecular complexity index is 809. The lowest BCUT2D eigenvalue weighted by atomic mass is 9.89. The van der Waals surface area contributed by atoms with Crippen LogP contribution in [0.15, 0.2) is 29.2 Å². The molecule has 0 saturated carbocycles. The number of piperidine rings is 1. The molecule has 1 atom stereocenters. The molecule has 0 radical (unpaired) electrons. The molecule has 0 bridgehead atoms. The Balaban J connectivity index is 0.00000265. The minimum Gasteiger partial charge on any atom is -0.495 e. The van der Waals surface area contributed by atoms with Crippen LogP contribution in [-0.4, -0.2) is 40.2 Å². The van der Waals surface area contributed by atoms with E-state index < -0.39 is 5.97 Å². The van der Waals surface area contributed by atoms with Crippen LogP contribution in [0.25, 0.3) is 0 Å². The number of carbonyl (C=O) groups is 1. The summed E-state index contributed by atoms with van der Waals surface area (Å²) in [5.74, 6) is 2.18. The first kappa shape index (κ1) is 28.7. The van der Waals surface area contributed by atoms with Gasteiger partial charge in [-0.05, 0) is 65.4 Å². The lowest BCUT2D eigenvalue weighted by Gasteiger charge is -2.34. The van der Waals surface area contributed by atoms with E-state index in [-0.39, 0.29) is 18.4 Å². The summed E-state index contributed by atoms with van der Waals surface area (Å²) < 4.78 is 6.30. The van der Waals surface area contributed by atoms with Crippen LogP contribution in [0.2, 0.25) is 0 Å². The lowest BCUT2D eigenvalue weighted by Crippen LogP contribution is -2.38. The molecule has 2 rings (SSSR count). The molecule has 0 aromatic carbocycles. The molecule has 0 aliphatic carbocycles. The van der Waals surface area contributed by atoms with Gasteiger partial charge in [0.05, 0.1) is 12.2 Å². The molecule has 1 aliphatic rings. The minimum absolute atomic E-state index is 0.0861. The highest BCUT2D eigenvalue weighted by Gasteiger charge is 2.23. The van der Waals surface area contributed by atoms with Gasteiger partial charge in [0.1, 0.15) is 17.7 Å². The van der Waals surface area contributed by atoms with Crippen molar-refractivity contribution in [3.05, 3.63) is 40.6 Å². The Morgan fingerprint density at radius 1 is 1.24 bits per heavy atom. The second kappa shape index (κ2) is 14.7. The first-order chi connectivity index (χ1) is 15.7. The number of carboxylic acid groups (broad SMARTS) is 1. The Hall–Kier alpha value is -2.37. The number of allylic oxidation sites excluding steroid dienone is 4. The van der Waals surface area contributed by atoms with E-state index in [0.717, 1.165) is 68.2 Å². The number of aryl methyl sites for hydroxylation is 2. The van der Waals surface area contributed by atoms with Gasteiger partial charge >= 0.3 is 5.97 Å². The van der Waals surface area contributed by atoms with Gasteiger partial charge in [-0.15, -0.1) is 0 Å². The molecule has 1 fully saturated rings. The van der Waals surface area contributed by atoms with Crippen LogP contribution in [-0.2, 0) is 9.53 Å². The SMILES string of the molecule is CC.CC/C=C(\C)C(CC/C(C)=C(/C)OC1CCN(c2nc(C)ncc2C)CC1)CC(=O)O. The van der Waals surface area contributed by atoms with E-state index in [2.05, 4.69) is 41.7 Å². The van der Waals surface area contributed by atoms with Gasteiger partial charge in [0, 0.05) is 37.7 Å². The number of rotatable bonds is 10. The fraction of sp³-hybridized carbons (Fsp3) is 0.667. The number of aromatic nitrogens is 2. The number of nitrogens with zero attached hydrogens (tertiary/aromatic N) is 3. The van der Waals surface area contributed by atoms with Crippen LogP contribution in [0.3, 0.4) is 0 Å². The highest BCUT2D eigenvalue weighted by Crippen LogP contribution is 2.27. The monoisotopic (exact) mass is 459 g/mol. The molecule has 0 amide bonds. The molecule has 1 saturated heterocycles. The zero-order chi connectivity index (χ0) is 25.0. The van der Waals surface area contributed by atoms with E-state index in [1.165, 1.54) is 11.1 Å². The van der Waals surface area contributed by atoms with Crippen LogP contribution < -0.4 is 4.90 Å². The van der Waals surface area contributed by atoms with Gasteiger partial charge in [0.2, 0.25) is 0 Å². The number of anilines is 1. The first-order valence-corrected chi connectivity index (χ1v) is 12.5. The van der Waals surface area contributed by atoms with Gasteiger partial charge < -0.3 is 14.7 Å². The van der Waals surface area contributed by atoms with E-state index in [0.29, 0.717) is 0 Å². The first-order valence-electron chi connectivity index (χ1n) is 12.5. The molecule has 1 aromatic heterocycles. The Morgan fingerprint density at radius 2 is 1.88 bits per heavy atom. The van der Waals surface area contributed by atoms with Crippen molar-refractivity contribution in [2.75, 3.05) is 18.0 Å². The highest BCUT2D eigenvalue weighted by atomic mass is 16.5. The second-order valence-corrected chi connectivity index (χ2v) is 8.75. The van der Waals surface area contributed by atoms with Crippen molar-refractivity contribution in [1.82, 2.24) is 9.97 Å². The summed E-state index contributed by atoms with van der Waals surface area (Å²) in [6.07, 6.45) is 9.01. The van der Waals surface area contributed by atoms with Crippen LogP contribution in [0.4, 0.5) is 5.82 Å². The third-order valence-corrected chi connectivity index (χ3v) is 6.21. The minimum atomic E-state index is -0.732. The van der Waals surface area contributed by atoms with E-state index in [1.807, 2.05) is 40.8 Å². The Morgan fingerprint density at radius 3 is 2.45 bits per heavy atom. The molecule has 186 valence electrons. The molecule has 0 spiro atoms. The fourth-order valence-electron chi connectivity index (χ4n) is 4.13. The third-order valence-electron chi connectivity index (χ3n) is 6.21. The van der Waals surface area contributed by atoms with Crippen molar-refractivity contribution in [2.45, 2.75) is 100 Å². The molecule has 33 heavy (non-hydrogen) atoms. The largest absolute Gasteiger partial charge is 0.495 e. The normalized spacial score (nSPS) is 16.5. The Labute approximate surface area is 201 Å². The van der Waals surface area contributed by atoms with Crippen LogP contribution in [0, 0.1) is 19.8 Å². The molecule has 1 unspecified atom stereocenters. The maximum Gasteiger partial charge on any atom is 0.303 e. The number of hydrogen-bond acceptors (Lipinski definition) is 5. The van der Waals surface area contributed by atoms with Crippen molar-refractivity contribution in [1.29, 1.82) is 0 Å². The summed E-state index contributed by atoms with van der Waals surface area (Å²) in [4.78, 5) is 22.5. The van der Waals surface area contributed by atoms with E-state index >= 15 is 0 Å². The fourth-order valence-corrected chi connectivity index (χ4v) is 4.13. The molecule has 1 aliphatic heterocycles. The summed E-state index contributed by atoms with van der Waals surface area (Å²) in [7, 11) is 0. The van der Waals surface area contributed by atoms with Gasteiger partial charge in [-0.1, -0.05) is 32.4 Å². The predicted molar refractivity (Wildman–Crippen MR) is 137 cm³/mol. The summed E-state index contributed by atoms with van der Waals surface area (Å²) in [6.45, 7) is 18.1. The van der Waals surface area contributed by atoms with Crippen molar-refractivity contribution in [2.24, 2.45) is 5.92 Å². The van der Waals surface area contributed by atoms with Crippen molar-refractivity contribution in [3.8, 4) is 0 Å². The second-order valence-electron chi connectivity index (χ2n) is 8.75. The van der Waals surface area contributed by atoms with Gasteiger partial charge in [-0.2, -0.15) is 0 Å². The number of ether oxygens (including phenoxy) is 1. The molecule has 1 N–H and O–H groups in total. The van der Waals surface area contributed by atoms with Gasteiger partial charge in [-0.25, -0.2) is 9.97 Å². The van der Waals surface area contributed by atoms with Crippen molar-refractivity contribution < 1.29 is 14.6 Å². The third kappa shape index (κ3) is 9.56. The topological polar surface area (TPSA) is 75.5 Å². The van der Waals surface area contributed by atoms with Crippen molar-refractivity contribution in [3.63, 3.8) is 0 Å². The summed E-state index contributed by atoms with van der Waals surface area (Å²) in [6, 6.07) is 0. The van der Waals surface area contributed by atoms with Crippen molar-refractivity contribution >= 4 is 11.8 Å². The van der Waals surface area contributed by atoms with Crippen LogP contribution in [0.1, 0.15) is 91.5 Å². The predicted octanol–water partition coefficient (Wildman–Crippen LogP) is 6.63. The molecule has 1 aromatic rings. The Kier molecular flexibility index (Phi) is 12.8. The van der Waals surface area contributed by atoms with Crippen LogP contribution >= 0.6 is 0 Å². The highest BCUT2D eigenvalue weighted by molar-refractivity contribution is 5.67. The molecule has 6 heteroatoms. The van der Waals surface area contributed by atoms with E-state index in [1.54, 1.807) is 0 Å². The maximum absolute atomic E-state index is 11.3. The molecular weight excluding hydrogens is 414 g/mol. The van der Waals surface area contributed by atoms with Crippen LogP contribution in [0.5, 0.6) is 0 Å². The molecule has 2 heterocycles. The van der Waals surface area contributed by atoms with Gasteiger partial charge in [-0.3, -0.25) is 4.79 Å². The quantitative estimate of drug-likeness (QED) is 0.313. The summed E-state index contributed by atoms with van der Waals surface area (Å²) in [5.41, 5.74) is 3.50.